The van der Waals surface area contributed by atoms with Crippen LogP contribution < -0.4 is 5.46 Å². The van der Waals surface area contributed by atoms with Gasteiger partial charge in [0.25, 0.3) is 0 Å². The molecule has 0 aliphatic carbocycles. The zero-order chi connectivity index (χ0) is 11.5. The highest BCUT2D eigenvalue weighted by Crippen LogP contribution is 2.02. The SMILES string of the molecule is Cc1cnn(Cc2ccc(B(O)O)cc2)c1. The van der Waals surface area contributed by atoms with Crippen molar-refractivity contribution < 1.29 is 10.0 Å². The zero-order valence-corrected chi connectivity index (χ0v) is 9.04. The van der Waals surface area contributed by atoms with E-state index < -0.39 is 7.12 Å². The van der Waals surface area contributed by atoms with Crippen LogP contribution in [0.3, 0.4) is 0 Å². The largest absolute Gasteiger partial charge is 0.488 e. The van der Waals surface area contributed by atoms with Gasteiger partial charge in [-0.1, -0.05) is 24.3 Å². The molecule has 1 heterocycles. The Hall–Kier alpha value is -1.59. The van der Waals surface area contributed by atoms with Gasteiger partial charge in [-0.25, -0.2) is 0 Å². The smallest absolute Gasteiger partial charge is 0.423 e. The molecule has 0 spiro atoms. The van der Waals surface area contributed by atoms with Crippen LogP contribution in [0.25, 0.3) is 0 Å². The second-order valence-corrected chi connectivity index (χ2v) is 3.83. The number of hydrogen-bond acceptors (Lipinski definition) is 3. The molecule has 0 saturated carbocycles. The highest BCUT2D eigenvalue weighted by Gasteiger charge is 2.09. The van der Waals surface area contributed by atoms with Gasteiger partial charge in [0, 0.05) is 6.20 Å². The summed E-state index contributed by atoms with van der Waals surface area (Å²) in [6, 6.07) is 7.14. The topological polar surface area (TPSA) is 58.3 Å². The molecule has 2 rings (SSSR count). The quantitative estimate of drug-likeness (QED) is 0.705. The second-order valence-electron chi connectivity index (χ2n) is 3.83. The van der Waals surface area contributed by atoms with E-state index in [-0.39, 0.29) is 0 Å². The van der Waals surface area contributed by atoms with Crippen LogP contribution in [-0.4, -0.2) is 26.9 Å². The maximum Gasteiger partial charge on any atom is 0.488 e. The standard InChI is InChI=1S/C11H13BN2O2/c1-9-6-13-14(7-9)8-10-2-4-11(5-3-10)12(15)16/h2-7,15-16H,8H2,1H3. The van der Waals surface area contributed by atoms with Crippen LogP contribution in [0.4, 0.5) is 0 Å². The number of hydrogen-bond donors (Lipinski definition) is 2. The molecule has 0 unspecified atom stereocenters. The maximum atomic E-state index is 8.95. The fourth-order valence-electron chi connectivity index (χ4n) is 1.54. The lowest BCUT2D eigenvalue weighted by molar-refractivity contribution is 0.426. The van der Waals surface area contributed by atoms with Gasteiger partial charge in [-0.2, -0.15) is 5.10 Å². The van der Waals surface area contributed by atoms with Gasteiger partial charge in [-0.15, -0.1) is 0 Å². The van der Waals surface area contributed by atoms with E-state index in [9.17, 15) is 0 Å². The Kier molecular flexibility index (Phi) is 3.08. The Morgan fingerprint density at radius 1 is 1.25 bits per heavy atom. The fraction of sp³-hybridized carbons (Fsp3) is 0.182. The Labute approximate surface area is 94.3 Å². The second kappa shape index (κ2) is 4.51. The molecule has 0 bridgehead atoms. The van der Waals surface area contributed by atoms with Crippen LogP contribution in [0.2, 0.25) is 0 Å². The molecule has 16 heavy (non-hydrogen) atoms. The molecule has 0 aliphatic rings. The van der Waals surface area contributed by atoms with Gasteiger partial charge in [-0.3, -0.25) is 4.68 Å². The molecule has 1 aromatic carbocycles. The number of nitrogens with zero attached hydrogens (tertiary/aromatic N) is 2. The van der Waals surface area contributed by atoms with Gasteiger partial charge in [0.15, 0.2) is 0 Å². The lowest BCUT2D eigenvalue weighted by Crippen LogP contribution is -2.29. The summed E-state index contributed by atoms with van der Waals surface area (Å²) in [5, 5.41) is 22.1. The van der Waals surface area contributed by atoms with Crippen LogP contribution >= 0.6 is 0 Å². The van der Waals surface area contributed by atoms with Gasteiger partial charge in [0.1, 0.15) is 0 Å². The van der Waals surface area contributed by atoms with Gasteiger partial charge in [0.2, 0.25) is 0 Å². The van der Waals surface area contributed by atoms with Crippen LogP contribution in [0.1, 0.15) is 11.1 Å². The third-order valence-electron chi connectivity index (χ3n) is 2.38. The average molecular weight is 216 g/mol. The van der Waals surface area contributed by atoms with Crippen LogP contribution in [0, 0.1) is 6.92 Å². The van der Waals surface area contributed by atoms with Crippen molar-refractivity contribution in [2.24, 2.45) is 0 Å². The first kappa shape index (κ1) is 10.9. The van der Waals surface area contributed by atoms with Gasteiger partial charge in [0.05, 0.1) is 12.7 Å². The summed E-state index contributed by atoms with van der Waals surface area (Å²) in [4.78, 5) is 0. The third kappa shape index (κ3) is 2.50. The highest BCUT2D eigenvalue weighted by molar-refractivity contribution is 6.58. The van der Waals surface area contributed by atoms with Gasteiger partial charge < -0.3 is 10.0 Å². The summed E-state index contributed by atoms with van der Waals surface area (Å²) < 4.78 is 1.85. The molecular weight excluding hydrogens is 203 g/mol. The Morgan fingerprint density at radius 2 is 1.94 bits per heavy atom. The first-order valence-electron chi connectivity index (χ1n) is 5.09. The molecule has 2 aromatic rings. The minimum atomic E-state index is -1.40. The zero-order valence-electron chi connectivity index (χ0n) is 9.04. The summed E-state index contributed by atoms with van der Waals surface area (Å²) in [7, 11) is -1.40. The van der Waals surface area contributed by atoms with Crippen molar-refractivity contribution in [3.8, 4) is 0 Å². The molecule has 0 fully saturated rings. The summed E-state index contributed by atoms with van der Waals surface area (Å²) >= 11 is 0. The van der Waals surface area contributed by atoms with E-state index in [2.05, 4.69) is 5.10 Å². The fourth-order valence-corrected chi connectivity index (χ4v) is 1.54. The van der Waals surface area contributed by atoms with E-state index in [1.54, 1.807) is 12.1 Å². The molecule has 0 radical (unpaired) electrons. The predicted octanol–water partition coefficient (Wildman–Crippen LogP) is -0.0804. The van der Waals surface area contributed by atoms with Crippen molar-refractivity contribution in [1.82, 2.24) is 9.78 Å². The molecule has 5 heteroatoms. The number of aryl methyl sites for hydroxylation is 1. The van der Waals surface area contributed by atoms with Gasteiger partial charge >= 0.3 is 7.12 Å². The molecule has 0 amide bonds. The molecular formula is C11H13BN2O2. The highest BCUT2D eigenvalue weighted by atomic mass is 16.4. The van der Waals surface area contributed by atoms with Crippen LogP contribution in [0.5, 0.6) is 0 Å². The summed E-state index contributed by atoms with van der Waals surface area (Å²) in [5.74, 6) is 0. The van der Waals surface area contributed by atoms with Crippen molar-refractivity contribution in [2.45, 2.75) is 13.5 Å². The Morgan fingerprint density at radius 3 is 2.44 bits per heavy atom. The lowest BCUT2D eigenvalue weighted by Gasteiger charge is -2.03. The predicted molar refractivity (Wildman–Crippen MR) is 62.3 cm³/mol. The summed E-state index contributed by atoms with van der Waals surface area (Å²) in [6.07, 6.45) is 3.78. The molecule has 0 aliphatic heterocycles. The van der Waals surface area contributed by atoms with Crippen molar-refractivity contribution in [2.75, 3.05) is 0 Å². The molecule has 4 nitrogen and oxygen atoms in total. The van der Waals surface area contributed by atoms with Crippen LogP contribution in [0.15, 0.2) is 36.7 Å². The average Bonchev–Trinajstić information content (AvgIpc) is 2.65. The molecule has 0 saturated heterocycles. The first-order chi connectivity index (χ1) is 7.65. The normalized spacial score (nSPS) is 10.4. The molecule has 0 atom stereocenters. The van der Waals surface area contributed by atoms with E-state index in [1.165, 1.54) is 0 Å². The molecule has 82 valence electrons. The number of aromatic nitrogens is 2. The third-order valence-corrected chi connectivity index (χ3v) is 2.38. The van der Waals surface area contributed by atoms with E-state index >= 15 is 0 Å². The molecule has 1 aromatic heterocycles. The number of rotatable bonds is 3. The lowest BCUT2D eigenvalue weighted by atomic mass is 9.80. The minimum absolute atomic E-state index is 0.500. The van der Waals surface area contributed by atoms with Gasteiger partial charge in [-0.05, 0) is 23.5 Å². The van der Waals surface area contributed by atoms with E-state index in [0.717, 1.165) is 11.1 Å². The Balaban J connectivity index is 2.11. The Bertz CT molecular complexity index is 465. The van der Waals surface area contributed by atoms with Crippen molar-refractivity contribution in [1.29, 1.82) is 0 Å². The maximum absolute atomic E-state index is 8.95. The summed E-state index contributed by atoms with van der Waals surface area (Å²) in [5.41, 5.74) is 2.70. The van der Waals surface area contributed by atoms with Crippen molar-refractivity contribution in [3.05, 3.63) is 47.8 Å². The molecule has 2 N–H and O–H groups in total. The minimum Gasteiger partial charge on any atom is -0.423 e. The summed E-state index contributed by atoms with van der Waals surface area (Å²) in [6.45, 7) is 2.68. The van der Waals surface area contributed by atoms with E-state index in [4.69, 9.17) is 10.0 Å². The first-order valence-corrected chi connectivity index (χ1v) is 5.09. The van der Waals surface area contributed by atoms with Crippen molar-refractivity contribution >= 4 is 12.6 Å². The monoisotopic (exact) mass is 216 g/mol. The van der Waals surface area contributed by atoms with E-state index in [0.29, 0.717) is 12.0 Å². The number of benzene rings is 1. The van der Waals surface area contributed by atoms with Crippen LogP contribution in [-0.2, 0) is 6.54 Å². The van der Waals surface area contributed by atoms with E-state index in [1.807, 2.05) is 36.1 Å². The van der Waals surface area contributed by atoms with Crippen molar-refractivity contribution in [3.63, 3.8) is 0 Å².